The molecular formula is C13H19N3O2. The number of hydrogen-bond donors (Lipinski definition) is 2. The Kier molecular flexibility index (Phi) is 6.55. The van der Waals surface area contributed by atoms with E-state index in [4.69, 9.17) is 5.26 Å². The highest BCUT2D eigenvalue weighted by Crippen LogP contribution is 2.22. The molecule has 0 aromatic heterocycles. The first-order valence-corrected chi connectivity index (χ1v) is 6.33. The number of carbonyl (C=O) groups is 2. The Morgan fingerprint density at radius 2 is 1.83 bits per heavy atom. The fraction of sp³-hybridized carbons (Fsp3) is 0.615. The van der Waals surface area contributed by atoms with Crippen molar-refractivity contribution in [3.05, 3.63) is 11.6 Å². The van der Waals surface area contributed by atoms with Crippen LogP contribution < -0.4 is 10.6 Å². The van der Waals surface area contributed by atoms with Gasteiger partial charge in [-0.15, -0.1) is 0 Å². The van der Waals surface area contributed by atoms with Crippen LogP contribution in [0.3, 0.4) is 0 Å². The Hall–Kier alpha value is -1.83. The maximum Gasteiger partial charge on any atom is 0.243 e. The average Bonchev–Trinajstić information content (AvgIpc) is 2.36. The zero-order valence-corrected chi connectivity index (χ0v) is 10.5. The summed E-state index contributed by atoms with van der Waals surface area (Å²) >= 11 is 0. The van der Waals surface area contributed by atoms with Crippen LogP contribution in [0.1, 0.15) is 38.5 Å². The topological polar surface area (TPSA) is 82.0 Å². The molecule has 5 nitrogen and oxygen atoms in total. The van der Waals surface area contributed by atoms with Crippen LogP contribution in [0.5, 0.6) is 0 Å². The molecule has 2 N–H and O–H groups in total. The highest BCUT2D eigenvalue weighted by molar-refractivity contribution is 5.88. The van der Waals surface area contributed by atoms with Crippen molar-refractivity contribution in [2.75, 3.05) is 13.1 Å². The molecule has 0 aromatic rings. The van der Waals surface area contributed by atoms with Crippen molar-refractivity contribution in [3.63, 3.8) is 0 Å². The number of rotatable bonds is 5. The molecule has 0 aliphatic heterocycles. The van der Waals surface area contributed by atoms with E-state index in [0.29, 0.717) is 13.1 Å². The Balaban J connectivity index is 2.13. The monoisotopic (exact) mass is 249 g/mol. The minimum atomic E-state index is -0.308. The lowest BCUT2D eigenvalue weighted by molar-refractivity contribution is -0.120. The fourth-order valence-corrected chi connectivity index (χ4v) is 1.91. The van der Waals surface area contributed by atoms with Crippen LogP contribution in [0, 0.1) is 11.3 Å². The SMILES string of the molecule is N#CCC(=O)NCCNC(=O)C=C1CCCCC1. The van der Waals surface area contributed by atoms with Gasteiger partial charge in [0.15, 0.2) is 0 Å². The van der Waals surface area contributed by atoms with Crippen molar-refractivity contribution < 1.29 is 9.59 Å². The van der Waals surface area contributed by atoms with Crippen molar-refractivity contribution >= 4 is 11.8 Å². The van der Waals surface area contributed by atoms with Crippen molar-refractivity contribution in [2.24, 2.45) is 0 Å². The van der Waals surface area contributed by atoms with E-state index in [1.54, 1.807) is 12.1 Å². The molecule has 0 heterocycles. The van der Waals surface area contributed by atoms with E-state index in [1.807, 2.05) is 0 Å². The zero-order chi connectivity index (χ0) is 13.2. The number of allylic oxidation sites excluding steroid dienone is 1. The summed E-state index contributed by atoms with van der Waals surface area (Å²) in [6, 6.07) is 1.76. The smallest absolute Gasteiger partial charge is 0.243 e. The molecule has 0 unspecified atom stereocenters. The Morgan fingerprint density at radius 3 is 2.50 bits per heavy atom. The Bertz CT molecular complexity index is 361. The van der Waals surface area contributed by atoms with E-state index < -0.39 is 0 Å². The van der Waals surface area contributed by atoms with Crippen LogP contribution in [-0.2, 0) is 9.59 Å². The summed E-state index contributed by atoms with van der Waals surface area (Å²) in [7, 11) is 0. The maximum atomic E-state index is 11.5. The van der Waals surface area contributed by atoms with Gasteiger partial charge in [-0.05, 0) is 25.7 Å². The van der Waals surface area contributed by atoms with E-state index in [9.17, 15) is 9.59 Å². The van der Waals surface area contributed by atoms with Gasteiger partial charge in [-0.2, -0.15) is 5.26 Å². The van der Waals surface area contributed by atoms with Gasteiger partial charge in [0.1, 0.15) is 6.42 Å². The third kappa shape index (κ3) is 6.04. The Morgan fingerprint density at radius 1 is 1.17 bits per heavy atom. The average molecular weight is 249 g/mol. The third-order valence-corrected chi connectivity index (χ3v) is 2.82. The highest BCUT2D eigenvalue weighted by atomic mass is 16.2. The predicted molar refractivity (Wildman–Crippen MR) is 67.4 cm³/mol. The molecule has 1 saturated carbocycles. The molecule has 1 rings (SSSR count). The van der Waals surface area contributed by atoms with Crippen LogP contribution in [0.15, 0.2) is 11.6 Å². The summed E-state index contributed by atoms with van der Waals surface area (Å²) in [5, 5.41) is 13.5. The number of amides is 2. The van der Waals surface area contributed by atoms with E-state index in [2.05, 4.69) is 10.6 Å². The van der Waals surface area contributed by atoms with Crippen LogP contribution >= 0.6 is 0 Å². The van der Waals surface area contributed by atoms with Gasteiger partial charge in [0, 0.05) is 19.2 Å². The second-order valence-corrected chi connectivity index (χ2v) is 4.34. The van der Waals surface area contributed by atoms with Crippen LogP contribution in [0.25, 0.3) is 0 Å². The standard InChI is InChI=1S/C13H19N3O2/c14-7-6-12(17)15-8-9-16-13(18)10-11-4-2-1-3-5-11/h10H,1-6,8-9H2,(H,15,17)(H,16,18). The van der Waals surface area contributed by atoms with Gasteiger partial charge in [-0.25, -0.2) is 0 Å². The largest absolute Gasteiger partial charge is 0.353 e. The van der Waals surface area contributed by atoms with Crippen molar-refractivity contribution in [1.29, 1.82) is 5.26 Å². The summed E-state index contributed by atoms with van der Waals surface area (Å²) in [6.07, 6.45) is 7.17. The summed E-state index contributed by atoms with van der Waals surface area (Å²) in [4.78, 5) is 22.5. The van der Waals surface area contributed by atoms with Crippen molar-refractivity contribution in [2.45, 2.75) is 38.5 Å². The number of nitrogens with zero attached hydrogens (tertiary/aromatic N) is 1. The molecule has 0 bridgehead atoms. The molecule has 0 radical (unpaired) electrons. The first-order valence-electron chi connectivity index (χ1n) is 6.33. The lowest BCUT2D eigenvalue weighted by Crippen LogP contribution is -2.33. The lowest BCUT2D eigenvalue weighted by Gasteiger charge is -2.13. The molecule has 98 valence electrons. The predicted octanol–water partition coefficient (Wildman–Crippen LogP) is 1.02. The molecule has 0 spiro atoms. The summed E-state index contributed by atoms with van der Waals surface area (Å²) < 4.78 is 0. The molecule has 1 fully saturated rings. The van der Waals surface area contributed by atoms with Crippen LogP contribution in [0.2, 0.25) is 0 Å². The van der Waals surface area contributed by atoms with Gasteiger partial charge in [-0.3, -0.25) is 9.59 Å². The first kappa shape index (κ1) is 14.2. The number of nitrogens with one attached hydrogen (secondary N) is 2. The first-order chi connectivity index (χ1) is 8.72. The highest BCUT2D eigenvalue weighted by Gasteiger charge is 2.07. The lowest BCUT2D eigenvalue weighted by atomic mass is 9.95. The van der Waals surface area contributed by atoms with Crippen LogP contribution in [0.4, 0.5) is 0 Å². The second-order valence-electron chi connectivity index (χ2n) is 4.34. The normalized spacial score (nSPS) is 14.5. The summed E-state index contributed by atoms with van der Waals surface area (Å²) in [5.41, 5.74) is 1.22. The van der Waals surface area contributed by atoms with Gasteiger partial charge < -0.3 is 10.6 Å². The molecule has 18 heavy (non-hydrogen) atoms. The number of hydrogen-bond acceptors (Lipinski definition) is 3. The van der Waals surface area contributed by atoms with E-state index in [0.717, 1.165) is 12.8 Å². The minimum absolute atomic E-state index is 0.0959. The molecule has 1 aliphatic rings. The molecule has 1 aliphatic carbocycles. The zero-order valence-electron chi connectivity index (χ0n) is 10.5. The van der Waals surface area contributed by atoms with Crippen molar-refractivity contribution in [3.8, 4) is 6.07 Å². The number of carbonyl (C=O) groups excluding carboxylic acids is 2. The van der Waals surface area contributed by atoms with Gasteiger partial charge in [0.2, 0.25) is 11.8 Å². The van der Waals surface area contributed by atoms with E-state index in [1.165, 1.54) is 24.8 Å². The van der Waals surface area contributed by atoms with Gasteiger partial charge in [0.05, 0.1) is 6.07 Å². The van der Waals surface area contributed by atoms with Gasteiger partial charge in [-0.1, -0.05) is 12.0 Å². The second kappa shape index (κ2) is 8.29. The molecule has 0 atom stereocenters. The van der Waals surface area contributed by atoms with Crippen molar-refractivity contribution in [1.82, 2.24) is 10.6 Å². The van der Waals surface area contributed by atoms with Gasteiger partial charge >= 0.3 is 0 Å². The Labute approximate surface area is 107 Å². The summed E-state index contributed by atoms with van der Waals surface area (Å²) in [6.45, 7) is 0.745. The molecule has 0 saturated heterocycles. The maximum absolute atomic E-state index is 11.5. The molecule has 5 heteroatoms. The molecule has 0 aromatic carbocycles. The number of nitriles is 1. The van der Waals surface area contributed by atoms with E-state index >= 15 is 0 Å². The fourth-order valence-electron chi connectivity index (χ4n) is 1.91. The molecular weight excluding hydrogens is 230 g/mol. The molecule has 2 amide bonds. The van der Waals surface area contributed by atoms with Gasteiger partial charge in [0.25, 0.3) is 0 Å². The summed E-state index contributed by atoms with van der Waals surface area (Å²) in [5.74, 6) is -0.404. The van der Waals surface area contributed by atoms with E-state index in [-0.39, 0.29) is 18.2 Å². The minimum Gasteiger partial charge on any atom is -0.353 e. The third-order valence-electron chi connectivity index (χ3n) is 2.82. The quantitative estimate of drug-likeness (QED) is 0.564. The van der Waals surface area contributed by atoms with Crippen LogP contribution in [-0.4, -0.2) is 24.9 Å².